The third-order valence-corrected chi connectivity index (χ3v) is 9.60. The first-order valence-corrected chi connectivity index (χ1v) is 15.7. The molecule has 212 valence electrons. The topological polar surface area (TPSA) is 23.0 Å². The maximum atomic E-state index is 6.64. The van der Waals surface area contributed by atoms with E-state index in [0.717, 1.165) is 41.1 Å². The van der Waals surface area contributed by atoms with Gasteiger partial charge >= 0.3 is 0 Å². The van der Waals surface area contributed by atoms with Gasteiger partial charge in [0, 0.05) is 43.9 Å². The van der Waals surface area contributed by atoms with Crippen LogP contribution in [0.15, 0.2) is 144 Å². The number of rotatable bonds is 3. The van der Waals surface area contributed by atoms with E-state index >= 15 is 0 Å². The fraction of sp³-hybridized carbons (Fsp3) is 0.0476. The Morgan fingerprint density at radius 2 is 1.13 bits per heavy atom. The molecule has 0 N–H and O–H groups in total. The van der Waals surface area contributed by atoms with Gasteiger partial charge < -0.3 is 13.6 Å². The fourth-order valence-corrected chi connectivity index (χ4v) is 7.56. The number of nitrogens with zero attached hydrogens (tertiary/aromatic N) is 2. The highest BCUT2D eigenvalue weighted by atomic mass is 16.3. The first-order chi connectivity index (χ1) is 22.3. The molecule has 9 aromatic rings. The Kier molecular flexibility index (Phi) is 5.11. The van der Waals surface area contributed by atoms with E-state index in [1.807, 2.05) is 0 Å². The molecule has 0 aliphatic heterocycles. The van der Waals surface area contributed by atoms with Crippen LogP contribution in [0, 0.1) is 0 Å². The van der Waals surface area contributed by atoms with Gasteiger partial charge in [0.1, 0.15) is 5.76 Å². The van der Waals surface area contributed by atoms with Crippen molar-refractivity contribution in [2.75, 3.05) is 0 Å². The van der Waals surface area contributed by atoms with E-state index in [2.05, 4.69) is 155 Å². The monoisotopic (exact) mass is 576 g/mol. The molecule has 0 unspecified atom stereocenters. The molecular weight excluding hydrogens is 548 g/mol. The van der Waals surface area contributed by atoms with Crippen LogP contribution in [0.5, 0.6) is 0 Å². The summed E-state index contributed by atoms with van der Waals surface area (Å²) in [7, 11) is 0. The predicted octanol–water partition coefficient (Wildman–Crippen LogP) is 11.3. The minimum atomic E-state index is 0.973. The molecule has 0 bridgehead atoms. The molecule has 3 heterocycles. The molecular formula is C42H28N2O. The van der Waals surface area contributed by atoms with Crippen molar-refractivity contribution in [3.8, 4) is 22.5 Å². The Hall–Kier alpha value is -5.80. The molecule has 3 heteroatoms. The zero-order valence-electron chi connectivity index (χ0n) is 24.6. The first-order valence-electron chi connectivity index (χ1n) is 15.7. The van der Waals surface area contributed by atoms with Crippen LogP contribution in [0.3, 0.4) is 0 Å². The van der Waals surface area contributed by atoms with Crippen molar-refractivity contribution in [1.82, 2.24) is 9.13 Å². The molecule has 0 amide bonds. The quantitative estimate of drug-likeness (QED) is 0.205. The lowest BCUT2D eigenvalue weighted by Crippen LogP contribution is -1.96. The van der Waals surface area contributed by atoms with E-state index in [4.69, 9.17) is 4.42 Å². The van der Waals surface area contributed by atoms with Gasteiger partial charge in [-0.3, -0.25) is 0 Å². The molecule has 0 saturated heterocycles. The van der Waals surface area contributed by atoms with Crippen molar-refractivity contribution in [2.24, 2.45) is 0 Å². The number of benzene rings is 6. The molecule has 0 fully saturated rings. The van der Waals surface area contributed by atoms with Crippen molar-refractivity contribution in [1.29, 1.82) is 0 Å². The van der Waals surface area contributed by atoms with Crippen molar-refractivity contribution < 1.29 is 4.42 Å². The van der Waals surface area contributed by atoms with Gasteiger partial charge in [0.2, 0.25) is 0 Å². The number of hydrogen-bond acceptors (Lipinski definition) is 1. The van der Waals surface area contributed by atoms with Crippen molar-refractivity contribution in [3.05, 3.63) is 151 Å². The molecule has 1 aliphatic rings. The van der Waals surface area contributed by atoms with Gasteiger partial charge in [-0.05, 0) is 72.5 Å². The number of fused-ring (bicyclic) bond motifs is 10. The highest BCUT2D eigenvalue weighted by Crippen LogP contribution is 2.42. The number of aromatic nitrogens is 2. The van der Waals surface area contributed by atoms with Crippen molar-refractivity contribution >= 4 is 60.7 Å². The van der Waals surface area contributed by atoms with Gasteiger partial charge in [-0.1, -0.05) is 97.1 Å². The average Bonchev–Trinajstić information content (AvgIpc) is 3.76. The zero-order valence-corrected chi connectivity index (χ0v) is 24.6. The number of para-hydroxylation sites is 2. The first kappa shape index (κ1) is 24.6. The second kappa shape index (κ2) is 9.35. The normalized spacial score (nSPS) is 13.1. The van der Waals surface area contributed by atoms with Gasteiger partial charge in [0.15, 0.2) is 5.58 Å². The number of allylic oxidation sites excluding steroid dienone is 1. The Bertz CT molecular complexity index is 2630. The molecule has 45 heavy (non-hydrogen) atoms. The summed E-state index contributed by atoms with van der Waals surface area (Å²) in [6.45, 7) is 0. The van der Waals surface area contributed by atoms with Crippen LogP contribution < -0.4 is 0 Å². The summed E-state index contributed by atoms with van der Waals surface area (Å²) >= 11 is 0. The molecule has 3 nitrogen and oxygen atoms in total. The van der Waals surface area contributed by atoms with Crippen LogP contribution in [0.25, 0.3) is 83.2 Å². The average molecular weight is 577 g/mol. The van der Waals surface area contributed by atoms with Crippen LogP contribution >= 0.6 is 0 Å². The van der Waals surface area contributed by atoms with Crippen molar-refractivity contribution in [2.45, 2.75) is 12.8 Å². The molecule has 0 saturated carbocycles. The number of furan rings is 1. The molecule has 0 radical (unpaired) electrons. The van der Waals surface area contributed by atoms with Gasteiger partial charge in [0.25, 0.3) is 0 Å². The second-order valence-corrected chi connectivity index (χ2v) is 12.0. The highest BCUT2D eigenvalue weighted by Gasteiger charge is 2.22. The Morgan fingerprint density at radius 1 is 0.489 bits per heavy atom. The number of aryl methyl sites for hydroxylation is 1. The molecule has 0 atom stereocenters. The third-order valence-electron chi connectivity index (χ3n) is 9.60. The van der Waals surface area contributed by atoms with Crippen LogP contribution in [-0.2, 0) is 6.42 Å². The minimum Gasteiger partial charge on any atom is -0.454 e. The van der Waals surface area contributed by atoms with Gasteiger partial charge in [-0.25, -0.2) is 0 Å². The van der Waals surface area contributed by atoms with Crippen molar-refractivity contribution in [3.63, 3.8) is 0 Å². The predicted molar refractivity (Wildman–Crippen MR) is 188 cm³/mol. The number of hydrogen-bond donors (Lipinski definition) is 0. The SMILES string of the molecule is C1=Cc2oc3c(ccc4c5ccccc5n(-c5ccc6c(c5)c5ccccc5n6-c5ccc(-c6ccccc6)cc5)c43)c2CC1. The van der Waals surface area contributed by atoms with E-state index in [0.29, 0.717) is 0 Å². The largest absolute Gasteiger partial charge is 0.454 e. The van der Waals surface area contributed by atoms with E-state index in [-0.39, 0.29) is 0 Å². The smallest absolute Gasteiger partial charge is 0.159 e. The van der Waals surface area contributed by atoms with Gasteiger partial charge in [-0.2, -0.15) is 0 Å². The van der Waals surface area contributed by atoms with Gasteiger partial charge in [0.05, 0.1) is 22.1 Å². The van der Waals surface area contributed by atoms with Crippen LogP contribution in [-0.4, -0.2) is 9.13 Å². The lowest BCUT2D eigenvalue weighted by atomic mass is 10.0. The third kappa shape index (κ3) is 3.52. The van der Waals surface area contributed by atoms with Crippen LogP contribution in [0.2, 0.25) is 0 Å². The fourth-order valence-electron chi connectivity index (χ4n) is 7.56. The molecule has 1 aliphatic carbocycles. The van der Waals surface area contributed by atoms with E-state index in [1.165, 1.54) is 60.2 Å². The Labute approximate surface area is 259 Å². The highest BCUT2D eigenvalue weighted by molar-refractivity contribution is 6.18. The molecule has 10 rings (SSSR count). The summed E-state index contributed by atoms with van der Waals surface area (Å²) in [5, 5.41) is 6.15. The summed E-state index contributed by atoms with van der Waals surface area (Å²) in [5.41, 5.74) is 11.7. The van der Waals surface area contributed by atoms with Crippen LogP contribution in [0.1, 0.15) is 17.7 Å². The summed E-state index contributed by atoms with van der Waals surface area (Å²) < 4.78 is 11.4. The maximum absolute atomic E-state index is 6.64. The van der Waals surface area contributed by atoms with E-state index in [1.54, 1.807) is 0 Å². The molecule has 6 aromatic carbocycles. The van der Waals surface area contributed by atoms with E-state index < -0.39 is 0 Å². The molecule has 0 spiro atoms. The standard InChI is InChI=1S/C42H28N2O/c1-2-10-27(11-3-1)28-18-20-29(21-19-28)43-37-15-7-5-13-32(37)36-26-30(22-25-39(36)43)44-38-16-8-4-12-31(38)34-23-24-35-33-14-6-9-17-40(33)45-42(35)41(34)44/h1-5,7-13,15-26H,6,14H2. The maximum Gasteiger partial charge on any atom is 0.159 e. The zero-order chi connectivity index (χ0) is 29.5. The van der Waals surface area contributed by atoms with Gasteiger partial charge in [-0.15, -0.1) is 0 Å². The minimum absolute atomic E-state index is 0.973. The summed E-state index contributed by atoms with van der Waals surface area (Å²) in [6.07, 6.45) is 6.43. The van der Waals surface area contributed by atoms with Crippen LogP contribution in [0.4, 0.5) is 0 Å². The summed E-state index contributed by atoms with van der Waals surface area (Å²) in [4.78, 5) is 0. The lowest BCUT2D eigenvalue weighted by molar-refractivity contribution is 0.597. The Balaban J connectivity index is 1.23. The lowest BCUT2D eigenvalue weighted by Gasteiger charge is -2.11. The molecule has 3 aromatic heterocycles. The second-order valence-electron chi connectivity index (χ2n) is 12.0. The van der Waals surface area contributed by atoms with E-state index in [9.17, 15) is 0 Å². The Morgan fingerprint density at radius 3 is 1.96 bits per heavy atom. The summed E-state index contributed by atoms with van der Waals surface area (Å²) in [6, 6.07) is 48.4. The summed E-state index contributed by atoms with van der Waals surface area (Å²) in [5.74, 6) is 0.998.